The minimum absolute atomic E-state index is 0.0153. The Hall–Kier alpha value is -3.07. The average Bonchev–Trinajstić information content (AvgIpc) is 3.53. The van der Waals surface area contributed by atoms with Crippen molar-refractivity contribution in [2.24, 2.45) is 0 Å². The molecule has 3 fully saturated rings. The van der Waals surface area contributed by atoms with E-state index in [2.05, 4.69) is 14.9 Å². The lowest BCUT2D eigenvalue weighted by Crippen LogP contribution is -2.43. The first-order valence-corrected chi connectivity index (χ1v) is 14.2. The van der Waals surface area contributed by atoms with Gasteiger partial charge in [0.05, 0.1) is 17.0 Å². The maximum atomic E-state index is 16.4. The van der Waals surface area contributed by atoms with Crippen LogP contribution in [0.25, 0.3) is 32.9 Å². The molecule has 0 radical (unpaired) electrons. The number of aromatic nitrogens is 3. The number of benzene rings is 2. The van der Waals surface area contributed by atoms with Gasteiger partial charge in [-0.2, -0.15) is 9.97 Å². The standard InChI is InChI=1S/C30H31ClFN5O2/c31-23-10-2-7-19-6-1-9-21(24(19)23)26-25(32)27-22(16-33-26)28(36-13-3-8-20(38)17-36)35-29(34-27)39-18-30-11-4-14-37(30)15-5-12-30/h1-2,6-7,9-10,16,20,38H,3-5,8,11-15,17-18H2/t20-/m0/s1. The van der Waals surface area contributed by atoms with Gasteiger partial charge in [-0.1, -0.05) is 41.9 Å². The van der Waals surface area contributed by atoms with E-state index in [9.17, 15) is 5.11 Å². The number of hydrogen-bond donors (Lipinski definition) is 1. The second kappa shape index (κ2) is 9.84. The van der Waals surface area contributed by atoms with Crippen LogP contribution in [0, 0.1) is 5.82 Å². The van der Waals surface area contributed by atoms with Gasteiger partial charge in [0.15, 0.2) is 5.82 Å². The van der Waals surface area contributed by atoms with E-state index in [1.165, 1.54) is 0 Å². The number of nitrogens with zero attached hydrogens (tertiary/aromatic N) is 5. The van der Waals surface area contributed by atoms with Crippen molar-refractivity contribution in [3.8, 4) is 17.3 Å². The van der Waals surface area contributed by atoms with Crippen LogP contribution >= 0.6 is 11.6 Å². The van der Waals surface area contributed by atoms with Crippen LogP contribution in [-0.4, -0.2) is 69.4 Å². The molecule has 9 heteroatoms. The van der Waals surface area contributed by atoms with E-state index in [-0.39, 0.29) is 22.8 Å². The Morgan fingerprint density at radius 1 is 1.05 bits per heavy atom. The number of aliphatic hydroxyl groups excluding tert-OH is 1. The molecule has 0 bridgehead atoms. The van der Waals surface area contributed by atoms with Gasteiger partial charge in [-0.3, -0.25) is 9.88 Å². The van der Waals surface area contributed by atoms with Crippen molar-refractivity contribution >= 4 is 39.1 Å². The van der Waals surface area contributed by atoms with Crippen LogP contribution in [0.2, 0.25) is 5.02 Å². The van der Waals surface area contributed by atoms with Gasteiger partial charge in [0, 0.05) is 35.3 Å². The molecule has 0 saturated carbocycles. The number of fused-ring (bicyclic) bond motifs is 3. The van der Waals surface area contributed by atoms with E-state index < -0.39 is 11.9 Å². The topological polar surface area (TPSA) is 74.6 Å². The summed E-state index contributed by atoms with van der Waals surface area (Å²) in [6.07, 6.45) is 7.24. The van der Waals surface area contributed by atoms with Crippen LogP contribution in [0.15, 0.2) is 42.6 Å². The highest BCUT2D eigenvalue weighted by molar-refractivity contribution is 6.36. The molecule has 3 saturated heterocycles. The molecule has 202 valence electrons. The van der Waals surface area contributed by atoms with Gasteiger partial charge >= 0.3 is 6.01 Å². The molecular weight excluding hydrogens is 517 g/mol. The number of rotatable bonds is 5. The summed E-state index contributed by atoms with van der Waals surface area (Å²) >= 11 is 6.57. The molecule has 0 unspecified atom stereocenters. The Labute approximate surface area is 231 Å². The molecule has 0 aliphatic carbocycles. The molecule has 1 atom stereocenters. The molecule has 4 aromatic rings. The third kappa shape index (κ3) is 4.29. The maximum absolute atomic E-state index is 16.4. The minimum atomic E-state index is -0.535. The van der Waals surface area contributed by atoms with E-state index in [4.69, 9.17) is 21.3 Å². The summed E-state index contributed by atoms with van der Waals surface area (Å²) < 4.78 is 22.7. The zero-order valence-corrected chi connectivity index (χ0v) is 22.5. The fourth-order valence-corrected chi connectivity index (χ4v) is 7.10. The number of pyridine rings is 1. The number of aliphatic hydroxyl groups is 1. The lowest BCUT2D eigenvalue weighted by molar-refractivity contribution is 0.107. The van der Waals surface area contributed by atoms with Crippen LogP contribution in [0.3, 0.4) is 0 Å². The van der Waals surface area contributed by atoms with Crippen LogP contribution in [-0.2, 0) is 0 Å². The molecule has 3 aliphatic heterocycles. The van der Waals surface area contributed by atoms with Crippen molar-refractivity contribution in [3.63, 3.8) is 0 Å². The molecule has 5 heterocycles. The van der Waals surface area contributed by atoms with Crippen molar-refractivity contribution in [3.05, 3.63) is 53.4 Å². The second-order valence-corrected chi connectivity index (χ2v) is 11.5. The number of halogens is 2. The molecule has 3 aliphatic rings. The summed E-state index contributed by atoms with van der Waals surface area (Å²) in [5, 5.41) is 13.1. The molecule has 7 nitrogen and oxygen atoms in total. The SMILES string of the molecule is O[C@H]1CCCN(c2nc(OCC34CCCN3CCC4)nc3c(F)c(-c4cccc5cccc(Cl)c45)ncc23)C1. The normalized spacial score (nSPS) is 21.1. The van der Waals surface area contributed by atoms with Crippen molar-refractivity contribution in [2.75, 3.05) is 37.7 Å². The van der Waals surface area contributed by atoms with Crippen LogP contribution in [0.4, 0.5) is 10.2 Å². The van der Waals surface area contributed by atoms with Gasteiger partial charge in [-0.25, -0.2) is 4.39 Å². The highest BCUT2D eigenvalue weighted by Crippen LogP contribution is 2.40. The van der Waals surface area contributed by atoms with Gasteiger partial charge in [0.25, 0.3) is 0 Å². The summed E-state index contributed by atoms with van der Waals surface area (Å²) in [5.74, 6) is 0.0161. The molecule has 0 amide bonds. The minimum Gasteiger partial charge on any atom is -0.461 e. The first-order valence-electron chi connectivity index (χ1n) is 13.9. The lowest BCUT2D eigenvalue weighted by Gasteiger charge is -2.33. The highest BCUT2D eigenvalue weighted by atomic mass is 35.5. The fourth-order valence-electron chi connectivity index (χ4n) is 6.81. The van der Waals surface area contributed by atoms with E-state index in [0.717, 1.165) is 62.4 Å². The molecule has 2 aromatic carbocycles. The Kier molecular flexibility index (Phi) is 6.29. The number of β-amino-alcohol motifs (C(OH)–C–C–N with tert-alkyl or cyclic N) is 1. The number of anilines is 1. The summed E-state index contributed by atoms with van der Waals surface area (Å²) in [7, 11) is 0. The Morgan fingerprint density at radius 3 is 2.64 bits per heavy atom. The first-order chi connectivity index (χ1) is 19.0. The van der Waals surface area contributed by atoms with Crippen molar-refractivity contribution in [2.45, 2.75) is 50.2 Å². The lowest BCUT2D eigenvalue weighted by atomic mass is 9.95. The van der Waals surface area contributed by atoms with Gasteiger partial charge in [0.2, 0.25) is 0 Å². The van der Waals surface area contributed by atoms with Crippen molar-refractivity contribution in [1.29, 1.82) is 0 Å². The Bertz CT molecular complexity index is 1550. The third-order valence-corrected chi connectivity index (χ3v) is 9.04. The zero-order chi connectivity index (χ0) is 26.6. The fraction of sp³-hybridized carbons (Fsp3) is 0.433. The van der Waals surface area contributed by atoms with Crippen molar-refractivity contribution < 1.29 is 14.2 Å². The van der Waals surface area contributed by atoms with Gasteiger partial charge in [-0.05, 0) is 63.1 Å². The zero-order valence-electron chi connectivity index (χ0n) is 21.7. The monoisotopic (exact) mass is 547 g/mol. The van der Waals surface area contributed by atoms with Gasteiger partial charge in [-0.15, -0.1) is 0 Å². The maximum Gasteiger partial charge on any atom is 0.319 e. The number of ether oxygens (including phenoxy) is 1. The first kappa shape index (κ1) is 24.9. The molecular formula is C30H31ClFN5O2. The quantitative estimate of drug-likeness (QED) is 0.348. The summed E-state index contributed by atoms with van der Waals surface area (Å²) in [5.41, 5.74) is 0.977. The second-order valence-electron chi connectivity index (χ2n) is 11.1. The Balaban J connectivity index is 1.35. The van der Waals surface area contributed by atoms with E-state index in [1.807, 2.05) is 35.2 Å². The number of hydrogen-bond acceptors (Lipinski definition) is 7. The van der Waals surface area contributed by atoms with Gasteiger partial charge < -0.3 is 14.7 Å². The predicted octanol–water partition coefficient (Wildman–Crippen LogP) is 5.61. The number of piperidine rings is 1. The predicted molar refractivity (Wildman–Crippen MR) is 151 cm³/mol. The average molecular weight is 548 g/mol. The van der Waals surface area contributed by atoms with Crippen LogP contribution in [0.5, 0.6) is 6.01 Å². The molecule has 7 rings (SSSR count). The molecule has 2 aromatic heterocycles. The van der Waals surface area contributed by atoms with Crippen LogP contribution < -0.4 is 9.64 Å². The van der Waals surface area contributed by atoms with Crippen molar-refractivity contribution in [1.82, 2.24) is 19.9 Å². The van der Waals surface area contributed by atoms with Crippen LogP contribution in [0.1, 0.15) is 38.5 Å². The summed E-state index contributed by atoms with van der Waals surface area (Å²) in [4.78, 5) is 18.5. The third-order valence-electron chi connectivity index (χ3n) is 8.73. The molecule has 0 spiro atoms. The van der Waals surface area contributed by atoms with E-state index in [0.29, 0.717) is 41.5 Å². The summed E-state index contributed by atoms with van der Waals surface area (Å²) in [6, 6.07) is 11.5. The van der Waals surface area contributed by atoms with E-state index in [1.54, 1.807) is 12.3 Å². The van der Waals surface area contributed by atoms with E-state index >= 15 is 4.39 Å². The molecule has 39 heavy (non-hydrogen) atoms. The Morgan fingerprint density at radius 2 is 1.85 bits per heavy atom. The molecule has 1 N–H and O–H groups in total. The summed E-state index contributed by atoms with van der Waals surface area (Å²) in [6.45, 7) is 3.81. The van der Waals surface area contributed by atoms with Gasteiger partial charge in [0.1, 0.15) is 23.6 Å². The smallest absolute Gasteiger partial charge is 0.319 e. The highest BCUT2D eigenvalue weighted by Gasteiger charge is 2.45. The largest absolute Gasteiger partial charge is 0.461 e.